The summed E-state index contributed by atoms with van der Waals surface area (Å²) in [6.07, 6.45) is 4.96. The second kappa shape index (κ2) is 15.6. The number of carbonyl (C=O) groups is 2. The lowest BCUT2D eigenvalue weighted by molar-refractivity contribution is -0.255. The summed E-state index contributed by atoms with van der Waals surface area (Å²) in [7, 11) is 0. The van der Waals surface area contributed by atoms with E-state index in [1.807, 2.05) is 45.0 Å². The molecule has 0 radical (unpaired) electrons. The zero-order chi connectivity index (χ0) is 37.3. The van der Waals surface area contributed by atoms with Crippen LogP contribution in [0.1, 0.15) is 105 Å². The summed E-state index contributed by atoms with van der Waals surface area (Å²) in [4.78, 5) is 28.7. The van der Waals surface area contributed by atoms with E-state index in [1.54, 1.807) is 12.1 Å². The van der Waals surface area contributed by atoms with E-state index in [4.69, 9.17) is 9.47 Å². The van der Waals surface area contributed by atoms with Gasteiger partial charge >= 0.3 is 0 Å². The Morgan fingerprint density at radius 3 is 2.06 bits per heavy atom. The van der Waals surface area contributed by atoms with Gasteiger partial charge < -0.3 is 25.2 Å². The highest BCUT2D eigenvalue weighted by atomic mass is 19.2. The highest BCUT2D eigenvalue weighted by Crippen LogP contribution is 2.42. The van der Waals surface area contributed by atoms with E-state index < -0.39 is 58.5 Å². The molecule has 6 rings (SSSR count). The van der Waals surface area contributed by atoms with E-state index >= 15 is 0 Å². The van der Waals surface area contributed by atoms with E-state index in [1.165, 1.54) is 18.6 Å². The highest BCUT2D eigenvalue weighted by Gasteiger charge is 2.44. The first-order valence-electron chi connectivity index (χ1n) is 17.7. The molecule has 3 aromatic carbocycles. The number of aliphatic hydroxyl groups is 1. The summed E-state index contributed by atoms with van der Waals surface area (Å²) in [6, 6.07) is 13.3. The molecule has 13 heteroatoms. The van der Waals surface area contributed by atoms with Crippen LogP contribution in [0.25, 0.3) is 0 Å². The molecule has 3 aromatic rings. The standard InChI is InChI=1S/C39H44F5N3O5/c1-39(2,3)46-36(49)28-17-14-22-6-4-5-7-27(22)47(28)19-26-18-29(23-10-8-21(20-48)9-11-23)52-38(51-26)24-12-15-25(16-13-24)45-37(50)30-31(40)33(42)35(44)34(43)32(30)41/h8-13,15-16,22,26-29,38,48H,4-7,14,17-20H2,1-3H3,(H,45,50)(H,46,49)/t22-,26+,27-,28-,29-,38-/m1/s1. The normalized spacial score (nSPS) is 25.3. The van der Waals surface area contributed by atoms with Crippen molar-refractivity contribution in [1.29, 1.82) is 0 Å². The van der Waals surface area contributed by atoms with Gasteiger partial charge in [-0.2, -0.15) is 0 Å². The number of ether oxygens (including phenoxy) is 2. The molecule has 52 heavy (non-hydrogen) atoms. The molecule has 2 amide bonds. The summed E-state index contributed by atoms with van der Waals surface area (Å²) in [5, 5.41) is 15.0. The maximum absolute atomic E-state index is 14.3. The number of carbonyl (C=O) groups excluding carboxylic acids is 2. The number of rotatable bonds is 8. The van der Waals surface area contributed by atoms with Gasteiger partial charge in [0.1, 0.15) is 5.56 Å². The quantitative estimate of drug-likeness (QED) is 0.126. The second-order valence-electron chi connectivity index (χ2n) is 15.0. The van der Waals surface area contributed by atoms with Crippen molar-refractivity contribution in [2.45, 2.75) is 108 Å². The van der Waals surface area contributed by atoms with Gasteiger partial charge in [0.25, 0.3) is 5.91 Å². The predicted molar refractivity (Wildman–Crippen MR) is 182 cm³/mol. The van der Waals surface area contributed by atoms with Gasteiger partial charge in [0.15, 0.2) is 29.6 Å². The fraction of sp³-hybridized carbons (Fsp3) is 0.487. The molecule has 1 saturated carbocycles. The van der Waals surface area contributed by atoms with E-state index in [0.717, 1.165) is 43.2 Å². The van der Waals surface area contributed by atoms with E-state index in [0.29, 0.717) is 24.4 Å². The van der Waals surface area contributed by atoms with Gasteiger partial charge in [-0.05, 0) is 75.6 Å². The molecule has 3 fully saturated rings. The summed E-state index contributed by atoms with van der Waals surface area (Å²) in [5.74, 6) is -12.3. The SMILES string of the molecule is CC(C)(C)NC(=O)[C@H]1CC[C@H]2CCCC[C@H]2N1C[C@@H]1C[C@H](c2ccc(CO)cc2)O[C@H](c2ccc(NC(=O)c3c(F)c(F)c(F)c(F)c3F)cc2)O1. The van der Waals surface area contributed by atoms with Gasteiger partial charge in [-0.15, -0.1) is 0 Å². The van der Waals surface area contributed by atoms with Crippen molar-refractivity contribution < 1.29 is 46.1 Å². The fourth-order valence-corrected chi connectivity index (χ4v) is 7.72. The average molecular weight is 730 g/mol. The minimum atomic E-state index is -2.35. The van der Waals surface area contributed by atoms with Crippen molar-refractivity contribution in [3.8, 4) is 0 Å². The van der Waals surface area contributed by atoms with Crippen LogP contribution in [0.4, 0.5) is 27.6 Å². The molecule has 1 aliphatic carbocycles. The number of nitrogens with zero attached hydrogens (tertiary/aromatic N) is 1. The van der Waals surface area contributed by atoms with Crippen molar-refractivity contribution in [1.82, 2.24) is 10.2 Å². The van der Waals surface area contributed by atoms with Crippen molar-refractivity contribution in [3.05, 3.63) is 99.9 Å². The number of nitrogens with one attached hydrogen (secondary N) is 2. The highest BCUT2D eigenvalue weighted by molar-refractivity contribution is 6.04. The molecule has 0 unspecified atom stereocenters. The molecule has 0 spiro atoms. The summed E-state index contributed by atoms with van der Waals surface area (Å²) >= 11 is 0. The van der Waals surface area contributed by atoms with Crippen LogP contribution in [0.5, 0.6) is 0 Å². The molecule has 0 bridgehead atoms. The van der Waals surface area contributed by atoms with Crippen LogP contribution in [0, 0.1) is 35.0 Å². The Bertz CT molecular complexity index is 1740. The number of anilines is 1. The van der Waals surface area contributed by atoms with E-state index in [-0.39, 0.29) is 36.4 Å². The van der Waals surface area contributed by atoms with Gasteiger partial charge in [0.05, 0.1) is 24.9 Å². The summed E-state index contributed by atoms with van der Waals surface area (Å²) in [5.41, 5.74) is 0.218. The largest absolute Gasteiger partial charge is 0.392 e. The molecular formula is C39H44F5N3O5. The first-order valence-corrected chi connectivity index (χ1v) is 17.7. The first-order chi connectivity index (χ1) is 24.7. The lowest BCUT2D eigenvalue weighted by Crippen LogP contribution is -2.61. The molecular weight excluding hydrogens is 685 g/mol. The smallest absolute Gasteiger partial charge is 0.261 e. The zero-order valence-corrected chi connectivity index (χ0v) is 29.4. The number of piperidine rings is 1. The number of hydrogen-bond acceptors (Lipinski definition) is 6. The third-order valence-electron chi connectivity index (χ3n) is 10.2. The Morgan fingerprint density at radius 2 is 1.42 bits per heavy atom. The number of fused-ring (bicyclic) bond motifs is 1. The Labute approximate surface area is 299 Å². The van der Waals surface area contributed by atoms with Crippen LogP contribution in [-0.2, 0) is 20.9 Å². The number of aliphatic hydroxyl groups excluding tert-OH is 1. The monoisotopic (exact) mass is 729 g/mol. The van der Waals surface area contributed by atoms with Crippen molar-refractivity contribution in [2.75, 3.05) is 11.9 Å². The molecule has 0 aromatic heterocycles. The van der Waals surface area contributed by atoms with Crippen LogP contribution in [0.2, 0.25) is 0 Å². The molecule has 2 aliphatic heterocycles. The fourth-order valence-electron chi connectivity index (χ4n) is 7.72. The Morgan fingerprint density at radius 1 is 0.808 bits per heavy atom. The third kappa shape index (κ3) is 8.17. The second-order valence-corrected chi connectivity index (χ2v) is 15.0. The Hall–Kier alpha value is -3.91. The number of halogens is 5. The Balaban J connectivity index is 1.25. The number of amides is 2. The Kier molecular flexibility index (Phi) is 11.3. The minimum Gasteiger partial charge on any atom is -0.392 e. The van der Waals surface area contributed by atoms with Crippen LogP contribution in [0.3, 0.4) is 0 Å². The number of likely N-dealkylation sites (tertiary alicyclic amines) is 1. The summed E-state index contributed by atoms with van der Waals surface area (Å²) in [6.45, 7) is 6.29. The number of benzene rings is 3. The van der Waals surface area contributed by atoms with Crippen LogP contribution in [0.15, 0.2) is 48.5 Å². The van der Waals surface area contributed by atoms with Gasteiger partial charge in [-0.1, -0.05) is 49.2 Å². The van der Waals surface area contributed by atoms with Crippen LogP contribution < -0.4 is 10.6 Å². The van der Waals surface area contributed by atoms with E-state index in [9.17, 15) is 36.6 Å². The maximum Gasteiger partial charge on any atom is 0.261 e. The minimum absolute atomic E-state index is 0.000197. The van der Waals surface area contributed by atoms with Gasteiger partial charge in [-0.25, -0.2) is 22.0 Å². The molecule has 2 saturated heterocycles. The van der Waals surface area contributed by atoms with E-state index in [2.05, 4.69) is 15.5 Å². The maximum atomic E-state index is 14.3. The van der Waals surface area contributed by atoms with Crippen LogP contribution in [-0.4, -0.2) is 52.1 Å². The van der Waals surface area contributed by atoms with Crippen molar-refractivity contribution >= 4 is 17.5 Å². The summed E-state index contributed by atoms with van der Waals surface area (Å²) < 4.78 is 82.6. The van der Waals surface area contributed by atoms with Crippen molar-refractivity contribution in [2.24, 2.45) is 5.92 Å². The third-order valence-corrected chi connectivity index (χ3v) is 10.2. The first kappa shape index (κ1) is 37.8. The molecule has 8 nitrogen and oxygen atoms in total. The molecule has 6 atom stereocenters. The average Bonchev–Trinajstić information content (AvgIpc) is 3.13. The lowest BCUT2D eigenvalue weighted by atomic mass is 9.75. The van der Waals surface area contributed by atoms with Gasteiger partial charge in [0, 0.05) is 35.8 Å². The van der Waals surface area contributed by atoms with Gasteiger partial charge in [0.2, 0.25) is 11.7 Å². The molecule has 2 heterocycles. The lowest BCUT2D eigenvalue weighted by Gasteiger charge is -2.50. The number of hydrogen-bond donors (Lipinski definition) is 3. The van der Waals surface area contributed by atoms with Gasteiger partial charge in [-0.3, -0.25) is 14.5 Å². The van der Waals surface area contributed by atoms with Crippen molar-refractivity contribution in [3.63, 3.8) is 0 Å². The topological polar surface area (TPSA) is 100 Å². The molecule has 3 aliphatic rings. The zero-order valence-electron chi connectivity index (χ0n) is 29.4. The van der Waals surface area contributed by atoms with Crippen LogP contribution >= 0.6 is 0 Å². The molecule has 3 N–H and O–H groups in total. The predicted octanol–water partition coefficient (Wildman–Crippen LogP) is 7.61. The molecule has 280 valence electrons.